The van der Waals surface area contributed by atoms with Crippen molar-refractivity contribution in [3.8, 4) is 5.75 Å². The van der Waals surface area contributed by atoms with Gasteiger partial charge in [0.05, 0.1) is 6.04 Å². The molecule has 1 aromatic carbocycles. The smallest absolute Gasteiger partial charge is 0.172 e. The normalized spacial score (nSPS) is 17.3. The van der Waals surface area contributed by atoms with Gasteiger partial charge in [0.25, 0.3) is 0 Å². The summed E-state index contributed by atoms with van der Waals surface area (Å²) in [5, 5.41) is 0. The lowest BCUT2D eigenvalue weighted by molar-refractivity contribution is 0.137. The second-order valence-corrected chi connectivity index (χ2v) is 6.85. The van der Waals surface area contributed by atoms with E-state index in [0.29, 0.717) is 0 Å². The Hall–Kier alpha value is -1.20. The maximum Gasteiger partial charge on any atom is 0.172 e. The number of anilines is 1. The molecule has 0 saturated carbocycles. The molecule has 1 aliphatic heterocycles. The zero-order valence-electron chi connectivity index (χ0n) is 17.5. The maximum absolute atomic E-state index is 6.41. The van der Waals surface area contributed by atoms with E-state index in [1.807, 2.05) is 12.3 Å². The summed E-state index contributed by atoms with van der Waals surface area (Å²) < 4.78 is 6.41. The predicted octanol–water partition coefficient (Wildman–Crippen LogP) is 5.80. The third kappa shape index (κ3) is 6.65. The second kappa shape index (κ2) is 13.9. The number of ether oxygens (including phenoxy) is 1. The number of hydrogen-bond acceptors (Lipinski definition) is 4. The first-order valence-electron chi connectivity index (χ1n) is 9.94. The van der Waals surface area contributed by atoms with Crippen LogP contribution >= 0.6 is 37.2 Å². The van der Waals surface area contributed by atoms with Crippen molar-refractivity contribution < 1.29 is 4.74 Å². The summed E-state index contributed by atoms with van der Waals surface area (Å²) in [5.41, 5.74) is 1.31. The Kier molecular flexibility index (Phi) is 13.3. The number of rotatable bonds is 8. The lowest BCUT2D eigenvalue weighted by Crippen LogP contribution is -2.46. The van der Waals surface area contributed by atoms with Crippen LogP contribution in [0.2, 0.25) is 0 Å². The summed E-state index contributed by atoms with van der Waals surface area (Å²) in [4.78, 5) is 9.62. The molecule has 29 heavy (non-hydrogen) atoms. The number of hydrogen-bond donors (Lipinski definition) is 0. The minimum Gasteiger partial charge on any atom is -0.484 e. The van der Waals surface area contributed by atoms with Gasteiger partial charge in [0, 0.05) is 19.3 Å². The van der Waals surface area contributed by atoms with E-state index in [1.165, 1.54) is 5.56 Å². The zero-order valence-corrected chi connectivity index (χ0v) is 19.9. The third-order valence-electron chi connectivity index (χ3n) is 5.26. The average Bonchev–Trinajstić information content (AvgIpc) is 2.69. The van der Waals surface area contributed by atoms with Crippen LogP contribution in [0.3, 0.4) is 0 Å². The number of aromatic nitrogens is 1. The minimum absolute atomic E-state index is 0. The highest BCUT2D eigenvalue weighted by molar-refractivity contribution is 5.86. The van der Waals surface area contributed by atoms with E-state index in [2.05, 4.69) is 72.0 Å². The molecule has 2 aromatic rings. The Morgan fingerprint density at radius 2 is 1.66 bits per heavy atom. The van der Waals surface area contributed by atoms with Gasteiger partial charge in [-0.1, -0.05) is 57.5 Å². The first-order chi connectivity index (χ1) is 12.8. The molecule has 0 fully saturated rings. The fraction of sp³-hybridized carbons (Fsp3) is 0.500. The number of nitrogens with zero attached hydrogens (tertiary/aromatic N) is 3. The van der Waals surface area contributed by atoms with E-state index in [-0.39, 0.29) is 49.4 Å². The molecule has 3 rings (SSSR count). The number of fused-ring (bicyclic) bond motifs is 1. The Morgan fingerprint density at radius 1 is 0.966 bits per heavy atom. The fourth-order valence-corrected chi connectivity index (χ4v) is 3.83. The summed E-state index contributed by atoms with van der Waals surface area (Å²) in [5.74, 6) is 1.89. The Bertz CT molecular complexity index is 686. The maximum atomic E-state index is 6.41. The molecule has 0 aliphatic carbocycles. The van der Waals surface area contributed by atoms with Crippen molar-refractivity contribution >= 4 is 43.0 Å². The monoisotopic (exact) mass is 461 g/mol. The summed E-state index contributed by atoms with van der Waals surface area (Å²) in [6.45, 7) is 10.8. The van der Waals surface area contributed by atoms with Crippen LogP contribution in [0.25, 0.3) is 0 Å². The standard InChI is InChI=1S/C22H31N3O.3ClH/c1-4-11-19-21(18-12-8-7-9-13-18)25(17-16-24(5-2)6-3)22-20(26-19)14-10-15-23-22;;;/h7-10,12-15,19,21H,4-6,11,16-17H2,1-3H3;3*1H. The van der Waals surface area contributed by atoms with Crippen molar-refractivity contribution in [3.63, 3.8) is 0 Å². The second-order valence-electron chi connectivity index (χ2n) is 6.85. The number of likely N-dealkylation sites (N-methyl/N-ethyl adjacent to an activating group) is 1. The van der Waals surface area contributed by atoms with E-state index >= 15 is 0 Å². The predicted molar refractivity (Wildman–Crippen MR) is 130 cm³/mol. The molecule has 2 atom stereocenters. The van der Waals surface area contributed by atoms with Crippen molar-refractivity contribution in [1.29, 1.82) is 0 Å². The molecule has 2 unspecified atom stereocenters. The molecule has 164 valence electrons. The van der Waals surface area contributed by atoms with Crippen LogP contribution < -0.4 is 9.64 Å². The van der Waals surface area contributed by atoms with Gasteiger partial charge in [0.15, 0.2) is 11.6 Å². The Morgan fingerprint density at radius 3 is 2.28 bits per heavy atom. The van der Waals surface area contributed by atoms with E-state index < -0.39 is 0 Å². The highest BCUT2D eigenvalue weighted by Gasteiger charge is 2.37. The lowest BCUT2D eigenvalue weighted by Gasteiger charge is -2.43. The van der Waals surface area contributed by atoms with E-state index in [4.69, 9.17) is 4.74 Å². The third-order valence-corrected chi connectivity index (χ3v) is 5.26. The number of halogens is 3. The molecule has 7 heteroatoms. The molecule has 0 saturated heterocycles. The molecule has 2 heterocycles. The van der Waals surface area contributed by atoms with Gasteiger partial charge in [0.1, 0.15) is 6.10 Å². The minimum atomic E-state index is 0. The van der Waals surface area contributed by atoms with Gasteiger partial charge >= 0.3 is 0 Å². The largest absolute Gasteiger partial charge is 0.484 e. The van der Waals surface area contributed by atoms with E-state index in [1.54, 1.807) is 0 Å². The molecule has 1 aromatic heterocycles. The van der Waals surface area contributed by atoms with Crippen LogP contribution in [0.4, 0.5) is 5.82 Å². The van der Waals surface area contributed by atoms with Crippen LogP contribution in [-0.2, 0) is 0 Å². The lowest BCUT2D eigenvalue weighted by atomic mass is 9.94. The van der Waals surface area contributed by atoms with E-state index in [0.717, 1.165) is 50.6 Å². The number of benzene rings is 1. The zero-order chi connectivity index (χ0) is 18.4. The van der Waals surface area contributed by atoms with Crippen LogP contribution in [0, 0.1) is 0 Å². The van der Waals surface area contributed by atoms with E-state index in [9.17, 15) is 0 Å². The molecule has 0 amide bonds. The quantitative estimate of drug-likeness (QED) is 0.496. The van der Waals surface area contributed by atoms with Gasteiger partial charge in [-0.2, -0.15) is 0 Å². The van der Waals surface area contributed by atoms with Gasteiger partial charge in [0.2, 0.25) is 0 Å². The molecular formula is C22H34Cl3N3O. The molecule has 0 bridgehead atoms. The van der Waals surface area contributed by atoms with Crippen LogP contribution in [-0.4, -0.2) is 42.2 Å². The van der Waals surface area contributed by atoms with Crippen LogP contribution in [0.5, 0.6) is 5.75 Å². The molecular weight excluding hydrogens is 429 g/mol. The summed E-state index contributed by atoms with van der Waals surface area (Å²) in [6.07, 6.45) is 4.16. The van der Waals surface area contributed by atoms with Gasteiger partial charge in [-0.15, -0.1) is 37.2 Å². The van der Waals surface area contributed by atoms with Crippen molar-refractivity contribution in [3.05, 3.63) is 54.2 Å². The molecule has 0 spiro atoms. The Balaban J connectivity index is 0.00000261. The summed E-state index contributed by atoms with van der Waals surface area (Å²) in [7, 11) is 0. The van der Waals surface area contributed by atoms with Crippen LogP contribution in [0.1, 0.15) is 45.2 Å². The highest BCUT2D eigenvalue weighted by Crippen LogP contribution is 2.42. The molecule has 0 radical (unpaired) electrons. The van der Waals surface area contributed by atoms with Crippen LogP contribution in [0.15, 0.2) is 48.7 Å². The van der Waals surface area contributed by atoms with Gasteiger partial charge in [-0.05, 0) is 37.2 Å². The fourth-order valence-electron chi connectivity index (χ4n) is 3.83. The highest BCUT2D eigenvalue weighted by atomic mass is 35.5. The van der Waals surface area contributed by atoms with Crippen molar-refractivity contribution in [2.75, 3.05) is 31.1 Å². The first-order valence-corrected chi connectivity index (χ1v) is 9.94. The van der Waals surface area contributed by atoms with Crippen molar-refractivity contribution in [2.24, 2.45) is 0 Å². The number of pyridine rings is 1. The van der Waals surface area contributed by atoms with Gasteiger partial charge in [-0.25, -0.2) is 4.98 Å². The average molecular weight is 463 g/mol. The van der Waals surface area contributed by atoms with Crippen molar-refractivity contribution in [1.82, 2.24) is 9.88 Å². The topological polar surface area (TPSA) is 28.6 Å². The SMILES string of the molecule is CCCC1Oc2cccnc2N(CCN(CC)CC)C1c1ccccc1.Cl.Cl.Cl. The van der Waals surface area contributed by atoms with Gasteiger partial charge in [-0.3, -0.25) is 0 Å². The van der Waals surface area contributed by atoms with Gasteiger partial charge < -0.3 is 14.5 Å². The summed E-state index contributed by atoms with van der Waals surface area (Å²) >= 11 is 0. The molecule has 4 nitrogen and oxygen atoms in total. The summed E-state index contributed by atoms with van der Waals surface area (Å²) in [6, 6.07) is 15.0. The van der Waals surface area contributed by atoms with Crippen molar-refractivity contribution in [2.45, 2.75) is 45.8 Å². The first kappa shape index (κ1) is 27.8. The Labute approximate surface area is 194 Å². The molecule has 1 aliphatic rings. The molecule has 0 N–H and O–H groups in total.